The van der Waals surface area contributed by atoms with E-state index in [1.165, 1.54) is 24.3 Å². The number of nitrogens with one attached hydrogen (secondary N) is 2. The van der Waals surface area contributed by atoms with Gasteiger partial charge in [0.25, 0.3) is 15.9 Å². The van der Waals surface area contributed by atoms with Crippen molar-refractivity contribution in [1.82, 2.24) is 0 Å². The fourth-order valence-corrected chi connectivity index (χ4v) is 4.02. The van der Waals surface area contributed by atoms with Crippen molar-refractivity contribution in [2.24, 2.45) is 0 Å². The molecular weight excluding hydrogens is 447 g/mol. The predicted octanol–water partition coefficient (Wildman–Crippen LogP) is 4.52. The minimum Gasteiger partial charge on any atom is -0.489 e. The molecule has 0 saturated carbocycles. The van der Waals surface area contributed by atoms with Crippen LogP contribution in [0.3, 0.4) is 0 Å². The predicted molar refractivity (Wildman–Crippen MR) is 125 cm³/mol. The molecule has 0 unspecified atom stereocenters. The van der Waals surface area contributed by atoms with Crippen LogP contribution in [0.2, 0.25) is 0 Å². The lowest BCUT2D eigenvalue weighted by Crippen LogP contribution is -2.16. The quantitative estimate of drug-likeness (QED) is 0.447. The third kappa shape index (κ3) is 6.30. The molecular formula is C24H25FN2O5S. The number of amides is 1. The molecule has 0 spiro atoms. The number of hydrogen-bond donors (Lipinski definition) is 2. The normalized spacial score (nSPS) is 11.2. The molecule has 0 bridgehead atoms. The topological polar surface area (TPSA) is 93.7 Å². The molecule has 7 nitrogen and oxygen atoms in total. The van der Waals surface area contributed by atoms with Crippen molar-refractivity contribution in [3.05, 3.63) is 83.2 Å². The second kappa shape index (κ2) is 10.5. The summed E-state index contributed by atoms with van der Waals surface area (Å²) in [4.78, 5) is 12.6. The highest BCUT2D eigenvalue weighted by Crippen LogP contribution is 2.27. The number of aryl methyl sites for hydroxylation is 2. The van der Waals surface area contributed by atoms with Crippen LogP contribution in [0, 0.1) is 19.7 Å². The standard InChI is InChI=1S/C24H25FN2O5S/c1-16-7-10-22(23(13-16)32-12-11-31-3)26-24(28)18-5-4-6-19(14-18)27-33(29,30)20-9-8-17(2)21(25)15-20/h4-10,13-15,27H,11-12H2,1-3H3,(H,26,28). The van der Waals surface area contributed by atoms with Crippen molar-refractivity contribution in [3.8, 4) is 5.75 Å². The molecule has 0 aliphatic carbocycles. The number of sulfonamides is 1. The summed E-state index contributed by atoms with van der Waals surface area (Å²) in [6.45, 7) is 4.17. The van der Waals surface area contributed by atoms with Crippen LogP contribution in [0.4, 0.5) is 15.8 Å². The fourth-order valence-electron chi connectivity index (χ4n) is 2.96. The number of anilines is 2. The van der Waals surface area contributed by atoms with Gasteiger partial charge in [0.1, 0.15) is 18.2 Å². The molecule has 0 aliphatic rings. The van der Waals surface area contributed by atoms with Crippen molar-refractivity contribution in [1.29, 1.82) is 0 Å². The van der Waals surface area contributed by atoms with Gasteiger partial charge in [-0.3, -0.25) is 9.52 Å². The first kappa shape index (κ1) is 24.2. The van der Waals surface area contributed by atoms with E-state index in [0.29, 0.717) is 30.2 Å². The van der Waals surface area contributed by atoms with Crippen LogP contribution < -0.4 is 14.8 Å². The molecule has 3 rings (SSSR count). The summed E-state index contributed by atoms with van der Waals surface area (Å²) < 4.78 is 52.1. The van der Waals surface area contributed by atoms with Crippen LogP contribution in [0.15, 0.2) is 65.6 Å². The van der Waals surface area contributed by atoms with Gasteiger partial charge in [0.05, 0.1) is 17.2 Å². The summed E-state index contributed by atoms with van der Waals surface area (Å²) in [6.07, 6.45) is 0. The average molecular weight is 473 g/mol. The molecule has 3 aromatic rings. The summed E-state index contributed by atoms with van der Waals surface area (Å²) >= 11 is 0. The van der Waals surface area contributed by atoms with Gasteiger partial charge < -0.3 is 14.8 Å². The smallest absolute Gasteiger partial charge is 0.261 e. The van der Waals surface area contributed by atoms with Crippen LogP contribution in [0.25, 0.3) is 0 Å². The van der Waals surface area contributed by atoms with Crippen LogP contribution in [-0.2, 0) is 14.8 Å². The molecule has 0 radical (unpaired) electrons. The van der Waals surface area contributed by atoms with Crippen LogP contribution >= 0.6 is 0 Å². The molecule has 0 saturated heterocycles. The Kier molecular flexibility index (Phi) is 7.67. The van der Waals surface area contributed by atoms with E-state index in [9.17, 15) is 17.6 Å². The van der Waals surface area contributed by atoms with Gasteiger partial charge in [0.2, 0.25) is 0 Å². The molecule has 1 amide bonds. The van der Waals surface area contributed by atoms with Crippen molar-refractivity contribution in [3.63, 3.8) is 0 Å². The first-order chi connectivity index (χ1) is 15.7. The molecule has 0 aliphatic heterocycles. The summed E-state index contributed by atoms with van der Waals surface area (Å²) in [5, 5.41) is 2.78. The van der Waals surface area contributed by atoms with Gasteiger partial charge in [-0.2, -0.15) is 0 Å². The molecule has 0 atom stereocenters. The van der Waals surface area contributed by atoms with Crippen molar-refractivity contribution < 1.29 is 27.1 Å². The zero-order valence-electron chi connectivity index (χ0n) is 18.5. The Bertz CT molecular complexity index is 1260. The number of halogens is 1. The Morgan fingerprint density at radius 3 is 2.52 bits per heavy atom. The molecule has 0 fully saturated rings. The van der Waals surface area contributed by atoms with E-state index in [2.05, 4.69) is 10.0 Å². The molecule has 33 heavy (non-hydrogen) atoms. The number of carbonyl (C=O) groups excluding carboxylic acids is 1. The second-order valence-corrected chi connectivity index (χ2v) is 9.07. The highest BCUT2D eigenvalue weighted by molar-refractivity contribution is 7.92. The average Bonchev–Trinajstić information content (AvgIpc) is 2.77. The first-order valence-electron chi connectivity index (χ1n) is 10.1. The highest BCUT2D eigenvalue weighted by Gasteiger charge is 2.17. The Hall–Kier alpha value is -3.43. The molecule has 174 valence electrons. The fraction of sp³-hybridized carbons (Fsp3) is 0.208. The lowest BCUT2D eigenvalue weighted by atomic mass is 10.1. The van der Waals surface area contributed by atoms with Gasteiger partial charge in [-0.05, 0) is 67.4 Å². The van der Waals surface area contributed by atoms with Gasteiger partial charge in [-0.1, -0.05) is 18.2 Å². The molecule has 9 heteroatoms. The summed E-state index contributed by atoms with van der Waals surface area (Å²) in [5.41, 5.74) is 2.18. The monoisotopic (exact) mass is 472 g/mol. The maximum atomic E-state index is 13.8. The van der Waals surface area contributed by atoms with Crippen LogP contribution in [0.5, 0.6) is 5.75 Å². The molecule has 2 N–H and O–H groups in total. The number of ether oxygens (including phenoxy) is 2. The van der Waals surface area contributed by atoms with Gasteiger partial charge in [-0.25, -0.2) is 12.8 Å². The maximum Gasteiger partial charge on any atom is 0.261 e. The number of benzene rings is 3. The maximum absolute atomic E-state index is 13.8. The lowest BCUT2D eigenvalue weighted by Gasteiger charge is -2.14. The van der Waals surface area contributed by atoms with E-state index in [1.54, 1.807) is 38.3 Å². The van der Waals surface area contributed by atoms with Gasteiger partial charge in [-0.15, -0.1) is 0 Å². The van der Waals surface area contributed by atoms with E-state index >= 15 is 0 Å². The third-order valence-electron chi connectivity index (χ3n) is 4.76. The zero-order valence-corrected chi connectivity index (χ0v) is 19.3. The number of methoxy groups -OCH3 is 1. The Balaban J connectivity index is 1.78. The molecule has 0 aromatic heterocycles. The lowest BCUT2D eigenvalue weighted by molar-refractivity contribution is 0.102. The summed E-state index contributed by atoms with van der Waals surface area (Å²) in [7, 11) is -2.46. The largest absolute Gasteiger partial charge is 0.489 e. The Labute approximate surface area is 192 Å². The highest BCUT2D eigenvalue weighted by atomic mass is 32.2. The van der Waals surface area contributed by atoms with Crippen molar-refractivity contribution in [2.75, 3.05) is 30.4 Å². The molecule has 3 aromatic carbocycles. The van der Waals surface area contributed by atoms with Crippen LogP contribution in [-0.4, -0.2) is 34.6 Å². The van der Waals surface area contributed by atoms with Crippen LogP contribution in [0.1, 0.15) is 21.5 Å². The third-order valence-corrected chi connectivity index (χ3v) is 6.14. The number of hydrogen-bond acceptors (Lipinski definition) is 5. The van der Waals surface area contributed by atoms with Gasteiger partial charge >= 0.3 is 0 Å². The van der Waals surface area contributed by atoms with E-state index in [1.807, 2.05) is 13.0 Å². The van der Waals surface area contributed by atoms with E-state index in [4.69, 9.17) is 9.47 Å². The summed E-state index contributed by atoms with van der Waals surface area (Å²) in [5.74, 6) is -0.566. The second-order valence-electron chi connectivity index (χ2n) is 7.39. The Morgan fingerprint density at radius 2 is 1.79 bits per heavy atom. The Morgan fingerprint density at radius 1 is 1.00 bits per heavy atom. The van der Waals surface area contributed by atoms with E-state index < -0.39 is 21.7 Å². The minimum atomic E-state index is -4.03. The van der Waals surface area contributed by atoms with Crippen molar-refractivity contribution in [2.45, 2.75) is 18.7 Å². The summed E-state index contributed by atoms with van der Waals surface area (Å²) in [6, 6.07) is 15.0. The van der Waals surface area contributed by atoms with E-state index in [-0.39, 0.29) is 16.1 Å². The van der Waals surface area contributed by atoms with Gasteiger partial charge in [0.15, 0.2) is 0 Å². The number of carbonyl (C=O) groups is 1. The SMILES string of the molecule is COCCOc1cc(C)ccc1NC(=O)c1cccc(NS(=O)(=O)c2ccc(C)c(F)c2)c1. The molecule has 0 heterocycles. The first-order valence-corrected chi connectivity index (χ1v) is 11.6. The zero-order chi connectivity index (χ0) is 24.0. The van der Waals surface area contributed by atoms with Crippen molar-refractivity contribution >= 4 is 27.3 Å². The van der Waals surface area contributed by atoms with Gasteiger partial charge in [0, 0.05) is 18.4 Å². The minimum absolute atomic E-state index is 0.170. The van der Waals surface area contributed by atoms with E-state index in [0.717, 1.165) is 11.6 Å². The number of rotatable bonds is 9.